The molecule has 0 bridgehead atoms. The summed E-state index contributed by atoms with van der Waals surface area (Å²) in [6, 6.07) is 0. The lowest BCUT2D eigenvalue weighted by Crippen LogP contribution is -2.23. The van der Waals surface area contributed by atoms with Crippen molar-refractivity contribution in [3.63, 3.8) is 0 Å². The summed E-state index contributed by atoms with van der Waals surface area (Å²) < 4.78 is 0. The largest absolute Gasteiger partial charge is 0.304 e. The van der Waals surface area contributed by atoms with Crippen molar-refractivity contribution in [2.24, 2.45) is 0 Å². The van der Waals surface area contributed by atoms with E-state index in [4.69, 9.17) is 0 Å². The van der Waals surface area contributed by atoms with Gasteiger partial charge in [-0.25, -0.2) is 0 Å². The molecule has 0 rings (SSSR count). The molecule has 0 amide bonds. The van der Waals surface area contributed by atoms with Crippen molar-refractivity contribution in [3.05, 3.63) is 12.2 Å². The van der Waals surface area contributed by atoms with Gasteiger partial charge >= 0.3 is 0 Å². The zero-order chi connectivity index (χ0) is 16.3. The number of nitrogens with zero attached hydrogens (tertiary/aromatic N) is 1. The van der Waals surface area contributed by atoms with E-state index in [9.17, 15) is 0 Å². The highest BCUT2D eigenvalue weighted by molar-refractivity contribution is 4.82. The standard InChI is InChI=1S/C21H43N/c1-4-7-8-9-10-11-12-13-14-15-16-17-18-19-20-21-22(5-2)6-3/h18-19H,4-17,20-21H2,1-3H3/b19-18+. The molecule has 1 heteroatoms. The van der Waals surface area contributed by atoms with Crippen LogP contribution in [-0.4, -0.2) is 24.5 Å². The van der Waals surface area contributed by atoms with E-state index in [1.165, 1.54) is 103 Å². The van der Waals surface area contributed by atoms with Crippen molar-refractivity contribution >= 4 is 0 Å². The fourth-order valence-electron chi connectivity index (χ4n) is 2.96. The Kier molecular flexibility index (Phi) is 18.5. The molecular weight excluding hydrogens is 266 g/mol. The van der Waals surface area contributed by atoms with Crippen LogP contribution in [0.2, 0.25) is 0 Å². The highest BCUT2D eigenvalue weighted by Gasteiger charge is 1.95. The van der Waals surface area contributed by atoms with E-state index < -0.39 is 0 Å². The summed E-state index contributed by atoms with van der Waals surface area (Å²) in [6.07, 6.45) is 23.1. The van der Waals surface area contributed by atoms with Crippen LogP contribution >= 0.6 is 0 Å². The van der Waals surface area contributed by atoms with Gasteiger partial charge in [-0.15, -0.1) is 0 Å². The van der Waals surface area contributed by atoms with Gasteiger partial charge in [-0.2, -0.15) is 0 Å². The zero-order valence-corrected chi connectivity index (χ0v) is 15.9. The lowest BCUT2D eigenvalue weighted by Gasteiger charge is -2.16. The average molecular weight is 310 g/mol. The lowest BCUT2D eigenvalue weighted by molar-refractivity contribution is 0.310. The van der Waals surface area contributed by atoms with Gasteiger partial charge in [-0.3, -0.25) is 0 Å². The van der Waals surface area contributed by atoms with E-state index in [2.05, 4.69) is 37.8 Å². The number of hydrogen-bond acceptors (Lipinski definition) is 1. The molecule has 0 aromatic rings. The Morgan fingerprint density at radius 2 is 1.00 bits per heavy atom. The van der Waals surface area contributed by atoms with E-state index in [-0.39, 0.29) is 0 Å². The first-order chi connectivity index (χ1) is 10.8. The summed E-state index contributed by atoms with van der Waals surface area (Å²) >= 11 is 0. The zero-order valence-electron chi connectivity index (χ0n) is 15.9. The molecule has 0 aromatic heterocycles. The molecule has 0 aromatic carbocycles. The molecule has 0 saturated heterocycles. The Balaban J connectivity index is 3.13. The van der Waals surface area contributed by atoms with Gasteiger partial charge in [-0.1, -0.05) is 97.1 Å². The van der Waals surface area contributed by atoms with Crippen LogP contribution in [0.25, 0.3) is 0 Å². The molecule has 22 heavy (non-hydrogen) atoms. The summed E-state index contributed by atoms with van der Waals surface area (Å²) in [5, 5.41) is 0. The van der Waals surface area contributed by atoms with Crippen LogP contribution in [0.1, 0.15) is 104 Å². The van der Waals surface area contributed by atoms with Gasteiger partial charge in [0.1, 0.15) is 0 Å². The molecule has 0 unspecified atom stereocenters. The summed E-state index contributed by atoms with van der Waals surface area (Å²) in [6.45, 7) is 10.4. The molecule has 132 valence electrons. The van der Waals surface area contributed by atoms with Crippen LogP contribution in [0.3, 0.4) is 0 Å². The van der Waals surface area contributed by atoms with E-state index in [0.29, 0.717) is 0 Å². The maximum Gasteiger partial charge on any atom is 0.00157 e. The molecule has 1 nitrogen and oxygen atoms in total. The second-order valence-electron chi connectivity index (χ2n) is 6.61. The molecule has 0 spiro atoms. The molecule has 0 N–H and O–H groups in total. The van der Waals surface area contributed by atoms with E-state index >= 15 is 0 Å². The van der Waals surface area contributed by atoms with Crippen molar-refractivity contribution in [2.75, 3.05) is 19.6 Å². The third-order valence-corrected chi connectivity index (χ3v) is 4.65. The minimum absolute atomic E-state index is 1.18. The minimum Gasteiger partial charge on any atom is -0.304 e. The summed E-state index contributed by atoms with van der Waals surface area (Å²) in [5.74, 6) is 0. The Bertz CT molecular complexity index is 218. The Morgan fingerprint density at radius 3 is 1.50 bits per heavy atom. The monoisotopic (exact) mass is 309 g/mol. The molecule has 0 radical (unpaired) electrons. The van der Waals surface area contributed by atoms with Crippen LogP contribution in [0.5, 0.6) is 0 Å². The highest BCUT2D eigenvalue weighted by Crippen LogP contribution is 2.12. The number of unbranched alkanes of at least 4 members (excludes halogenated alkanes) is 11. The number of allylic oxidation sites excluding steroid dienone is 1. The van der Waals surface area contributed by atoms with Crippen molar-refractivity contribution in [2.45, 2.75) is 104 Å². The lowest BCUT2D eigenvalue weighted by atomic mass is 10.1. The second-order valence-corrected chi connectivity index (χ2v) is 6.61. The molecular formula is C21H43N. The van der Waals surface area contributed by atoms with Gasteiger partial charge in [0.2, 0.25) is 0 Å². The van der Waals surface area contributed by atoms with E-state index in [0.717, 1.165) is 0 Å². The predicted octanol–water partition coefficient (Wildman–Crippen LogP) is 6.98. The van der Waals surface area contributed by atoms with Gasteiger partial charge in [0, 0.05) is 6.54 Å². The third kappa shape index (κ3) is 16.1. The first kappa shape index (κ1) is 21.7. The molecule has 0 atom stereocenters. The quantitative estimate of drug-likeness (QED) is 0.207. The summed E-state index contributed by atoms with van der Waals surface area (Å²) in [5.41, 5.74) is 0. The highest BCUT2D eigenvalue weighted by atomic mass is 15.1. The molecule has 0 aliphatic heterocycles. The maximum atomic E-state index is 2.49. The van der Waals surface area contributed by atoms with E-state index in [1.54, 1.807) is 0 Å². The predicted molar refractivity (Wildman–Crippen MR) is 103 cm³/mol. The molecule has 0 aliphatic carbocycles. The van der Waals surface area contributed by atoms with Crippen LogP contribution in [-0.2, 0) is 0 Å². The van der Waals surface area contributed by atoms with Crippen LogP contribution in [0.4, 0.5) is 0 Å². The first-order valence-corrected chi connectivity index (χ1v) is 10.2. The maximum absolute atomic E-state index is 2.49. The van der Waals surface area contributed by atoms with Gasteiger partial charge in [-0.05, 0) is 32.4 Å². The van der Waals surface area contributed by atoms with Crippen LogP contribution in [0.15, 0.2) is 12.2 Å². The van der Waals surface area contributed by atoms with Gasteiger partial charge < -0.3 is 4.90 Å². The van der Waals surface area contributed by atoms with Crippen molar-refractivity contribution in [1.29, 1.82) is 0 Å². The van der Waals surface area contributed by atoms with E-state index in [1.807, 2.05) is 0 Å². The normalized spacial score (nSPS) is 11.8. The number of rotatable bonds is 17. The average Bonchev–Trinajstić information content (AvgIpc) is 2.55. The summed E-state index contributed by atoms with van der Waals surface area (Å²) in [7, 11) is 0. The van der Waals surface area contributed by atoms with Gasteiger partial charge in [0.05, 0.1) is 0 Å². The Hall–Kier alpha value is -0.300. The van der Waals surface area contributed by atoms with Gasteiger partial charge in [0.15, 0.2) is 0 Å². The first-order valence-electron chi connectivity index (χ1n) is 10.2. The summed E-state index contributed by atoms with van der Waals surface area (Å²) in [4.78, 5) is 2.49. The fraction of sp³-hybridized carbons (Fsp3) is 0.905. The van der Waals surface area contributed by atoms with Gasteiger partial charge in [0.25, 0.3) is 0 Å². The molecule has 0 fully saturated rings. The molecule has 0 aliphatic rings. The fourth-order valence-corrected chi connectivity index (χ4v) is 2.96. The molecule has 0 heterocycles. The van der Waals surface area contributed by atoms with Crippen molar-refractivity contribution in [1.82, 2.24) is 4.90 Å². The number of hydrogen-bond donors (Lipinski definition) is 0. The van der Waals surface area contributed by atoms with Crippen molar-refractivity contribution < 1.29 is 0 Å². The smallest absolute Gasteiger partial charge is 0.00157 e. The van der Waals surface area contributed by atoms with Crippen LogP contribution < -0.4 is 0 Å². The van der Waals surface area contributed by atoms with Crippen molar-refractivity contribution in [3.8, 4) is 0 Å². The third-order valence-electron chi connectivity index (χ3n) is 4.65. The topological polar surface area (TPSA) is 3.24 Å². The van der Waals surface area contributed by atoms with Crippen LogP contribution in [0, 0.1) is 0 Å². The Labute approximate surface area is 141 Å². The SMILES string of the molecule is CCCCCCCCCCCCC/C=C/CCN(CC)CC. The molecule has 0 saturated carbocycles. The Morgan fingerprint density at radius 1 is 0.545 bits per heavy atom. The second kappa shape index (κ2) is 18.7. The minimum atomic E-state index is 1.18.